The summed E-state index contributed by atoms with van der Waals surface area (Å²) in [5.41, 5.74) is 2.94. The lowest BCUT2D eigenvalue weighted by molar-refractivity contribution is 0.0619. The smallest absolute Gasteiger partial charge is 0.156 e. The second-order valence-corrected chi connectivity index (χ2v) is 11.8. The number of sulfone groups is 1. The Kier molecular flexibility index (Phi) is 5.23. The molecule has 0 N–H and O–H groups in total. The Morgan fingerprint density at radius 1 is 1.27 bits per heavy atom. The molecule has 2 aliphatic heterocycles. The minimum absolute atomic E-state index is 0.174. The molecule has 0 saturated carbocycles. The molecule has 0 amide bonds. The largest absolute Gasteiger partial charge is 0.381 e. The van der Waals surface area contributed by atoms with Gasteiger partial charge in [0.05, 0.1) is 22.0 Å². The summed E-state index contributed by atoms with van der Waals surface area (Å²) in [6.45, 7) is 5.23. The third-order valence-electron chi connectivity index (χ3n) is 6.34. The predicted molar refractivity (Wildman–Crippen MR) is 122 cm³/mol. The van der Waals surface area contributed by atoms with Gasteiger partial charge < -0.3 is 14.2 Å². The van der Waals surface area contributed by atoms with Crippen LogP contribution in [0.5, 0.6) is 0 Å². The summed E-state index contributed by atoms with van der Waals surface area (Å²) in [4.78, 5) is 11.8. The molecule has 0 bridgehead atoms. The minimum Gasteiger partial charge on any atom is -0.381 e. The number of pyridine rings is 2. The maximum Gasteiger partial charge on any atom is 0.156 e. The van der Waals surface area contributed by atoms with Gasteiger partial charge in [-0.05, 0) is 59.8 Å². The van der Waals surface area contributed by atoms with Crippen molar-refractivity contribution < 1.29 is 13.2 Å². The summed E-state index contributed by atoms with van der Waals surface area (Å²) in [6, 6.07) is 6.18. The van der Waals surface area contributed by atoms with E-state index in [2.05, 4.69) is 42.5 Å². The second kappa shape index (κ2) is 7.76. The molecular formula is C21H25BrN4O3S. The number of hydrogen-bond acceptors (Lipinski definition) is 6. The number of anilines is 1. The van der Waals surface area contributed by atoms with Gasteiger partial charge in [-0.3, -0.25) is 4.98 Å². The summed E-state index contributed by atoms with van der Waals surface area (Å²) < 4.78 is 33.0. The van der Waals surface area contributed by atoms with Crippen molar-refractivity contribution in [2.24, 2.45) is 5.92 Å². The molecule has 0 aromatic carbocycles. The highest BCUT2D eigenvalue weighted by molar-refractivity contribution is 9.10. The van der Waals surface area contributed by atoms with Gasteiger partial charge in [-0.15, -0.1) is 0 Å². The van der Waals surface area contributed by atoms with E-state index in [0.717, 1.165) is 65.0 Å². The van der Waals surface area contributed by atoms with Gasteiger partial charge in [-0.1, -0.05) is 0 Å². The highest BCUT2D eigenvalue weighted by Gasteiger charge is 2.30. The summed E-state index contributed by atoms with van der Waals surface area (Å²) >= 11 is 3.56. The fourth-order valence-electron chi connectivity index (χ4n) is 4.49. The minimum atomic E-state index is -3.00. The van der Waals surface area contributed by atoms with E-state index in [4.69, 9.17) is 9.72 Å². The van der Waals surface area contributed by atoms with E-state index >= 15 is 0 Å². The van der Waals surface area contributed by atoms with Crippen LogP contribution in [-0.2, 0) is 21.1 Å². The van der Waals surface area contributed by atoms with Crippen molar-refractivity contribution in [1.82, 2.24) is 14.5 Å². The lowest BCUT2D eigenvalue weighted by Crippen LogP contribution is -2.45. The molecule has 3 aromatic heterocycles. The summed E-state index contributed by atoms with van der Waals surface area (Å²) in [6.07, 6.45) is 3.92. The third-order valence-corrected chi connectivity index (χ3v) is 8.90. The number of halogens is 1. The Morgan fingerprint density at radius 2 is 2.07 bits per heavy atom. The summed E-state index contributed by atoms with van der Waals surface area (Å²) in [5, 5.41) is 0.653. The van der Waals surface area contributed by atoms with Crippen LogP contribution < -0.4 is 4.90 Å². The Balaban J connectivity index is 1.59. The fourth-order valence-corrected chi connectivity index (χ4v) is 6.10. The molecule has 2 aliphatic rings. The monoisotopic (exact) mass is 492 g/mol. The van der Waals surface area contributed by atoms with Gasteiger partial charge in [0, 0.05) is 48.9 Å². The standard InChI is InChI=1S/C21H25BrN4O3S/c1-14-12-25(6-9-30(14,27)28)19-3-2-17-20-18(10-16(22)11-23-20)26(21(17)24-19)13-15-4-7-29-8-5-15/h2-3,10-11,14-15H,4-9,12-13H2,1H3. The fraction of sp³-hybridized carbons (Fsp3) is 0.524. The molecule has 0 aliphatic carbocycles. The van der Waals surface area contributed by atoms with Gasteiger partial charge in [0.1, 0.15) is 11.5 Å². The van der Waals surface area contributed by atoms with Crippen LogP contribution in [0.25, 0.3) is 22.1 Å². The molecule has 7 nitrogen and oxygen atoms in total. The Labute approximate surface area is 184 Å². The highest BCUT2D eigenvalue weighted by atomic mass is 79.9. The van der Waals surface area contributed by atoms with E-state index in [1.165, 1.54) is 0 Å². The molecule has 9 heteroatoms. The normalized spacial score (nSPS) is 22.7. The molecule has 0 spiro atoms. The van der Waals surface area contributed by atoms with Crippen LogP contribution in [0.15, 0.2) is 28.9 Å². The van der Waals surface area contributed by atoms with Crippen LogP contribution in [-0.4, -0.2) is 60.3 Å². The first-order chi connectivity index (χ1) is 14.4. The van der Waals surface area contributed by atoms with Crippen LogP contribution >= 0.6 is 15.9 Å². The van der Waals surface area contributed by atoms with E-state index in [0.29, 0.717) is 19.0 Å². The van der Waals surface area contributed by atoms with Crippen molar-refractivity contribution in [2.75, 3.05) is 37.0 Å². The van der Waals surface area contributed by atoms with Crippen LogP contribution in [0.4, 0.5) is 5.82 Å². The van der Waals surface area contributed by atoms with Crippen molar-refractivity contribution in [2.45, 2.75) is 31.6 Å². The molecule has 160 valence electrons. The van der Waals surface area contributed by atoms with Gasteiger partial charge in [0.15, 0.2) is 9.84 Å². The van der Waals surface area contributed by atoms with Crippen LogP contribution in [0.2, 0.25) is 0 Å². The van der Waals surface area contributed by atoms with Crippen LogP contribution in [0.3, 0.4) is 0 Å². The van der Waals surface area contributed by atoms with Crippen molar-refractivity contribution in [1.29, 1.82) is 0 Å². The van der Waals surface area contributed by atoms with Crippen molar-refractivity contribution in [3.63, 3.8) is 0 Å². The number of ether oxygens (including phenoxy) is 1. The molecule has 5 rings (SSSR count). The van der Waals surface area contributed by atoms with E-state index in [1.807, 2.05) is 12.3 Å². The number of fused-ring (bicyclic) bond motifs is 3. The molecule has 1 atom stereocenters. The highest BCUT2D eigenvalue weighted by Crippen LogP contribution is 2.32. The van der Waals surface area contributed by atoms with Gasteiger partial charge in [-0.2, -0.15) is 0 Å². The van der Waals surface area contributed by atoms with Crippen molar-refractivity contribution in [3.05, 3.63) is 28.9 Å². The average Bonchev–Trinajstić information content (AvgIpc) is 3.03. The molecule has 0 radical (unpaired) electrons. The number of rotatable bonds is 3. The van der Waals surface area contributed by atoms with Crippen molar-refractivity contribution >= 4 is 53.7 Å². The summed E-state index contributed by atoms with van der Waals surface area (Å²) in [5.74, 6) is 1.55. The van der Waals surface area contributed by atoms with Gasteiger partial charge in [0.25, 0.3) is 0 Å². The van der Waals surface area contributed by atoms with Gasteiger partial charge in [-0.25, -0.2) is 13.4 Å². The molecule has 3 aromatic rings. The van der Waals surface area contributed by atoms with E-state index in [1.54, 1.807) is 6.92 Å². The lowest BCUT2D eigenvalue weighted by atomic mass is 10.0. The van der Waals surface area contributed by atoms with Crippen molar-refractivity contribution in [3.8, 4) is 0 Å². The Bertz CT molecular complexity index is 1200. The van der Waals surface area contributed by atoms with E-state index in [9.17, 15) is 8.42 Å². The predicted octanol–water partition coefficient (Wildman–Crippen LogP) is 3.40. The first kappa shape index (κ1) is 20.2. The zero-order valence-electron chi connectivity index (χ0n) is 16.9. The first-order valence-corrected chi connectivity index (χ1v) is 12.9. The molecule has 30 heavy (non-hydrogen) atoms. The maximum atomic E-state index is 12.1. The molecular weight excluding hydrogens is 468 g/mol. The number of hydrogen-bond donors (Lipinski definition) is 0. The Morgan fingerprint density at radius 3 is 2.83 bits per heavy atom. The molecule has 1 unspecified atom stereocenters. The van der Waals surface area contributed by atoms with Gasteiger partial charge in [0.2, 0.25) is 0 Å². The SMILES string of the molecule is CC1CN(c2ccc3c4ncc(Br)cc4n(CC4CCOCC4)c3n2)CCS1(=O)=O. The number of aromatic nitrogens is 3. The quantitative estimate of drug-likeness (QED) is 0.557. The zero-order valence-corrected chi connectivity index (χ0v) is 19.3. The third kappa shape index (κ3) is 3.61. The topological polar surface area (TPSA) is 77.3 Å². The van der Waals surface area contributed by atoms with Gasteiger partial charge >= 0.3 is 0 Å². The zero-order chi connectivity index (χ0) is 20.9. The lowest BCUT2D eigenvalue weighted by Gasteiger charge is -2.31. The molecule has 2 fully saturated rings. The summed E-state index contributed by atoms with van der Waals surface area (Å²) in [7, 11) is -3.00. The van der Waals surface area contributed by atoms with Crippen LogP contribution in [0, 0.1) is 5.92 Å². The maximum absolute atomic E-state index is 12.1. The van der Waals surface area contributed by atoms with Crippen LogP contribution in [0.1, 0.15) is 19.8 Å². The molecule has 5 heterocycles. The van der Waals surface area contributed by atoms with E-state index < -0.39 is 9.84 Å². The van der Waals surface area contributed by atoms with E-state index in [-0.39, 0.29) is 11.0 Å². The Hall–Kier alpha value is -1.71. The average molecular weight is 493 g/mol. The second-order valence-electron chi connectivity index (χ2n) is 8.35. The first-order valence-electron chi connectivity index (χ1n) is 10.4. The molecule has 2 saturated heterocycles. The number of nitrogens with zero attached hydrogens (tertiary/aromatic N) is 4.